The Bertz CT molecular complexity index is 463. The highest BCUT2D eigenvalue weighted by Crippen LogP contribution is 2.19. The summed E-state index contributed by atoms with van der Waals surface area (Å²) in [6.07, 6.45) is 0.976. The van der Waals surface area contributed by atoms with Crippen LogP contribution in [0.25, 0.3) is 0 Å². The second-order valence-corrected chi connectivity index (χ2v) is 6.04. The van der Waals surface area contributed by atoms with Gasteiger partial charge in [0.05, 0.1) is 11.7 Å². The first-order chi connectivity index (χ1) is 8.74. The number of hydrogen-bond acceptors (Lipinski definition) is 7. The van der Waals surface area contributed by atoms with E-state index in [2.05, 4.69) is 36.1 Å². The maximum atomic E-state index is 9.69. The van der Waals surface area contributed by atoms with E-state index in [0.717, 1.165) is 22.7 Å². The first-order valence-corrected chi connectivity index (χ1v) is 7.66. The lowest BCUT2D eigenvalue weighted by atomic mass is 10.3. The van der Waals surface area contributed by atoms with Gasteiger partial charge in [-0.15, -0.1) is 15.7 Å². The molecule has 0 aliphatic heterocycles. The quantitative estimate of drug-likeness (QED) is 0.798. The molecule has 8 heteroatoms. The fourth-order valence-electron chi connectivity index (χ4n) is 1.27. The van der Waals surface area contributed by atoms with Crippen molar-refractivity contribution < 1.29 is 9.84 Å². The molecule has 0 saturated carbocycles. The van der Waals surface area contributed by atoms with Crippen LogP contribution in [0.3, 0.4) is 0 Å². The van der Waals surface area contributed by atoms with Gasteiger partial charge in [0, 0.05) is 27.8 Å². The summed E-state index contributed by atoms with van der Waals surface area (Å²) in [7, 11) is 0. The smallest absolute Gasteiger partial charge is 0.245 e. The molecule has 18 heavy (non-hydrogen) atoms. The molecule has 1 atom stereocenters. The molecule has 0 spiro atoms. The van der Waals surface area contributed by atoms with Crippen LogP contribution in [-0.2, 0) is 6.54 Å². The minimum absolute atomic E-state index is 0.215. The lowest BCUT2D eigenvalue weighted by Crippen LogP contribution is -2.31. The summed E-state index contributed by atoms with van der Waals surface area (Å²) < 4.78 is 14.0. The largest absolute Gasteiger partial charge is 0.473 e. The molecule has 0 aliphatic carbocycles. The van der Waals surface area contributed by atoms with Crippen molar-refractivity contribution in [1.82, 2.24) is 14.1 Å². The molecule has 5 nitrogen and oxygen atoms in total. The predicted octanol–water partition coefficient (Wildman–Crippen LogP) is 1.89. The number of nitrogens with one attached hydrogen (secondary N) is 1. The predicted molar refractivity (Wildman–Crippen MR) is 75.1 cm³/mol. The lowest BCUT2D eigenvalue weighted by molar-refractivity contribution is 0.104. The van der Waals surface area contributed by atoms with Crippen LogP contribution in [0.4, 0.5) is 0 Å². The van der Waals surface area contributed by atoms with Crippen LogP contribution < -0.4 is 10.1 Å². The fraction of sp³-hybridized carbons (Fsp3) is 0.400. The molecule has 0 saturated heterocycles. The average Bonchev–Trinajstić information content (AvgIpc) is 2.98. The van der Waals surface area contributed by atoms with Gasteiger partial charge in [0.1, 0.15) is 18.9 Å². The van der Waals surface area contributed by atoms with Crippen LogP contribution in [0.15, 0.2) is 22.1 Å². The number of thiophene rings is 1. The molecular weight excluding hydrogens is 338 g/mol. The molecule has 0 aliphatic rings. The number of halogens is 1. The van der Waals surface area contributed by atoms with Gasteiger partial charge in [0.25, 0.3) is 0 Å². The van der Waals surface area contributed by atoms with Crippen molar-refractivity contribution in [3.8, 4) is 5.88 Å². The summed E-state index contributed by atoms with van der Waals surface area (Å²) in [5.74, 6) is 0.459. The van der Waals surface area contributed by atoms with Gasteiger partial charge >= 0.3 is 0 Å². The number of rotatable bonds is 7. The maximum Gasteiger partial charge on any atom is 0.245 e. The summed E-state index contributed by atoms with van der Waals surface area (Å²) in [5, 5.41) is 14.9. The van der Waals surface area contributed by atoms with E-state index in [1.165, 1.54) is 11.1 Å². The van der Waals surface area contributed by atoms with E-state index in [1.54, 1.807) is 11.3 Å². The molecule has 0 radical (unpaired) electrons. The molecule has 0 amide bonds. The third kappa shape index (κ3) is 4.62. The van der Waals surface area contributed by atoms with E-state index in [9.17, 15) is 5.11 Å². The van der Waals surface area contributed by atoms with Gasteiger partial charge in [-0.3, -0.25) is 0 Å². The van der Waals surface area contributed by atoms with Gasteiger partial charge in [0.15, 0.2) is 0 Å². The molecule has 2 aromatic rings. The number of ether oxygens (including phenoxy) is 1. The van der Waals surface area contributed by atoms with Gasteiger partial charge in [-0.1, -0.05) is 0 Å². The number of aromatic nitrogens is 2. The van der Waals surface area contributed by atoms with Gasteiger partial charge < -0.3 is 15.2 Å². The van der Waals surface area contributed by atoms with E-state index in [0.29, 0.717) is 12.4 Å². The van der Waals surface area contributed by atoms with Gasteiger partial charge in [-0.2, -0.15) is 4.37 Å². The highest BCUT2D eigenvalue weighted by Gasteiger charge is 2.06. The van der Waals surface area contributed by atoms with Gasteiger partial charge in [-0.25, -0.2) is 0 Å². The van der Waals surface area contributed by atoms with E-state index in [-0.39, 0.29) is 6.61 Å². The van der Waals surface area contributed by atoms with Crippen molar-refractivity contribution in [2.24, 2.45) is 0 Å². The molecular formula is C10H12BrN3O2S2. The Morgan fingerprint density at radius 2 is 2.44 bits per heavy atom. The zero-order valence-corrected chi connectivity index (χ0v) is 12.6. The molecule has 2 rings (SSSR count). The molecule has 1 unspecified atom stereocenters. The van der Waals surface area contributed by atoms with Crippen molar-refractivity contribution in [3.05, 3.63) is 27.0 Å². The molecule has 0 bridgehead atoms. The third-order valence-corrected chi connectivity index (χ3v) is 4.22. The second kappa shape index (κ2) is 7.15. The summed E-state index contributed by atoms with van der Waals surface area (Å²) >= 11 is 6.16. The lowest BCUT2D eigenvalue weighted by Gasteiger charge is -2.11. The van der Waals surface area contributed by atoms with Crippen LogP contribution in [-0.4, -0.2) is 33.1 Å². The highest BCUT2D eigenvalue weighted by atomic mass is 79.9. The molecule has 0 aromatic carbocycles. The Morgan fingerprint density at radius 3 is 3.11 bits per heavy atom. The first kappa shape index (κ1) is 13.9. The molecule has 2 N–H and O–H groups in total. The van der Waals surface area contributed by atoms with Crippen LogP contribution in [0.1, 0.15) is 4.88 Å². The second-order valence-electron chi connectivity index (χ2n) is 3.57. The SMILES string of the molecule is OC(CNCc1cc(Br)cs1)COc1cnsn1. The minimum atomic E-state index is -0.560. The van der Waals surface area contributed by atoms with Crippen molar-refractivity contribution in [3.63, 3.8) is 0 Å². The van der Waals surface area contributed by atoms with Crippen LogP contribution >= 0.6 is 39.0 Å². The third-order valence-electron chi connectivity index (χ3n) is 2.07. The standard InChI is InChI=1S/C10H12BrN3O2S2/c11-7-1-9(17-6-7)3-12-2-8(15)5-16-10-4-13-18-14-10/h1,4,6,8,12,15H,2-3,5H2. The monoisotopic (exact) mass is 349 g/mol. The molecule has 0 fully saturated rings. The number of hydrogen-bond donors (Lipinski definition) is 2. The summed E-state index contributed by atoms with van der Waals surface area (Å²) in [6.45, 7) is 1.44. The first-order valence-electron chi connectivity index (χ1n) is 5.26. The Balaban J connectivity index is 1.61. The Kier molecular flexibility index (Phi) is 5.51. The Hall–Kier alpha value is -0.540. The van der Waals surface area contributed by atoms with E-state index >= 15 is 0 Å². The van der Waals surface area contributed by atoms with Crippen molar-refractivity contribution in [2.75, 3.05) is 13.2 Å². The number of aliphatic hydroxyl groups excluding tert-OH is 1. The van der Waals surface area contributed by atoms with E-state index in [1.807, 2.05) is 5.38 Å². The number of nitrogens with zero attached hydrogens (tertiary/aromatic N) is 2. The van der Waals surface area contributed by atoms with E-state index in [4.69, 9.17) is 4.74 Å². The Morgan fingerprint density at radius 1 is 1.56 bits per heavy atom. The zero-order chi connectivity index (χ0) is 12.8. The topological polar surface area (TPSA) is 67.3 Å². The van der Waals surface area contributed by atoms with Crippen LogP contribution in [0.5, 0.6) is 5.88 Å². The van der Waals surface area contributed by atoms with Crippen LogP contribution in [0, 0.1) is 0 Å². The number of aliphatic hydroxyl groups is 1. The summed E-state index contributed by atoms with van der Waals surface area (Å²) in [5.41, 5.74) is 0. The van der Waals surface area contributed by atoms with Crippen LogP contribution in [0.2, 0.25) is 0 Å². The van der Waals surface area contributed by atoms with E-state index < -0.39 is 6.10 Å². The fourth-order valence-corrected chi connectivity index (χ4v) is 3.05. The average molecular weight is 350 g/mol. The summed E-state index contributed by atoms with van der Waals surface area (Å²) in [4.78, 5) is 1.22. The Labute approximate surface area is 121 Å². The van der Waals surface area contributed by atoms with Crippen molar-refractivity contribution in [2.45, 2.75) is 12.6 Å². The normalized spacial score (nSPS) is 12.6. The van der Waals surface area contributed by atoms with Gasteiger partial charge in [-0.05, 0) is 22.0 Å². The zero-order valence-electron chi connectivity index (χ0n) is 9.38. The minimum Gasteiger partial charge on any atom is -0.473 e. The highest BCUT2D eigenvalue weighted by molar-refractivity contribution is 9.10. The van der Waals surface area contributed by atoms with Crippen molar-refractivity contribution >= 4 is 39.0 Å². The molecule has 2 aromatic heterocycles. The molecule has 98 valence electrons. The van der Waals surface area contributed by atoms with Crippen molar-refractivity contribution in [1.29, 1.82) is 0 Å². The maximum absolute atomic E-state index is 9.69. The van der Waals surface area contributed by atoms with Gasteiger partial charge in [0.2, 0.25) is 5.88 Å². The molecule has 2 heterocycles. The summed E-state index contributed by atoms with van der Waals surface area (Å²) in [6, 6.07) is 2.06.